The summed E-state index contributed by atoms with van der Waals surface area (Å²) in [5.74, 6) is 2.67. The molecule has 182 valence electrons. The number of carbonyl (C=O) groups excluding carboxylic acids is 1. The molecule has 0 radical (unpaired) electrons. The number of alkyl halides is 3. The van der Waals surface area contributed by atoms with Crippen molar-refractivity contribution in [1.29, 1.82) is 0 Å². The highest BCUT2D eigenvalue weighted by atomic mass is 32.2. The minimum Gasteiger partial charge on any atom is -0.353 e. The number of amides is 1. The second-order valence-corrected chi connectivity index (χ2v) is 12.4. The van der Waals surface area contributed by atoms with Crippen LogP contribution in [0.1, 0.15) is 56.9 Å². The summed E-state index contributed by atoms with van der Waals surface area (Å²) in [6.07, 6.45) is 3.21. The van der Waals surface area contributed by atoms with Gasteiger partial charge in [0.2, 0.25) is 15.9 Å². The fourth-order valence-corrected chi connectivity index (χ4v) is 8.64. The van der Waals surface area contributed by atoms with Crippen molar-refractivity contribution >= 4 is 15.9 Å². The van der Waals surface area contributed by atoms with Gasteiger partial charge in [0, 0.05) is 25.0 Å². The molecule has 33 heavy (non-hydrogen) atoms. The maximum Gasteiger partial charge on any atom is 0.417 e. The molecule has 9 heteroatoms. The van der Waals surface area contributed by atoms with E-state index < -0.39 is 26.7 Å². The van der Waals surface area contributed by atoms with E-state index in [2.05, 4.69) is 5.32 Å². The van der Waals surface area contributed by atoms with Gasteiger partial charge in [0.05, 0.1) is 10.5 Å². The number of hydrogen-bond donors (Lipinski definition) is 1. The first-order valence-corrected chi connectivity index (χ1v) is 13.5. The van der Waals surface area contributed by atoms with Gasteiger partial charge in [-0.15, -0.1) is 0 Å². The van der Waals surface area contributed by atoms with Gasteiger partial charge in [-0.05, 0) is 87.2 Å². The van der Waals surface area contributed by atoms with Gasteiger partial charge in [-0.25, -0.2) is 8.42 Å². The van der Waals surface area contributed by atoms with Crippen molar-refractivity contribution in [1.82, 2.24) is 9.62 Å². The van der Waals surface area contributed by atoms with Crippen LogP contribution in [0, 0.1) is 29.6 Å². The molecule has 3 saturated carbocycles. The Morgan fingerprint density at radius 3 is 2.30 bits per heavy atom. The first kappa shape index (κ1) is 23.1. The quantitative estimate of drug-likeness (QED) is 0.687. The zero-order valence-electron chi connectivity index (χ0n) is 18.6. The Morgan fingerprint density at radius 2 is 1.58 bits per heavy atom. The van der Waals surface area contributed by atoms with Gasteiger partial charge in [-0.3, -0.25) is 4.79 Å². The second-order valence-electron chi connectivity index (χ2n) is 10.5. The number of benzene rings is 1. The molecule has 1 aromatic rings. The lowest BCUT2D eigenvalue weighted by molar-refractivity contribution is -0.139. The molecule has 1 heterocycles. The SMILES string of the molecule is O=C(NC1CCC2CC3CC2CC1C3)C1CCN(S(=O)(=O)c2ccccc2C(F)(F)F)CC1. The molecule has 5 atom stereocenters. The fraction of sp³-hybridized carbons (Fsp3) is 0.708. The third-order valence-corrected chi connectivity index (χ3v) is 10.5. The molecule has 5 unspecified atom stereocenters. The Morgan fingerprint density at radius 1 is 0.909 bits per heavy atom. The molecule has 3 aliphatic carbocycles. The van der Waals surface area contributed by atoms with Crippen LogP contribution in [0.5, 0.6) is 0 Å². The molecule has 0 spiro atoms. The molecular formula is C24H31F3N2O3S. The van der Waals surface area contributed by atoms with Gasteiger partial charge in [-0.2, -0.15) is 17.5 Å². The predicted octanol–water partition coefficient (Wildman–Crippen LogP) is 4.44. The van der Waals surface area contributed by atoms with Gasteiger partial charge >= 0.3 is 6.18 Å². The highest BCUT2D eigenvalue weighted by molar-refractivity contribution is 7.89. The summed E-state index contributed by atoms with van der Waals surface area (Å²) in [6, 6.07) is 4.48. The molecule has 1 amide bonds. The summed E-state index contributed by atoms with van der Waals surface area (Å²) < 4.78 is 67.1. The predicted molar refractivity (Wildman–Crippen MR) is 117 cm³/mol. The molecule has 4 aliphatic rings. The van der Waals surface area contributed by atoms with Crippen LogP contribution in [0.2, 0.25) is 0 Å². The van der Waals surface area contributed by atoms with Crippen molar-refractivity contribution in [2.75, 3.05) is 13.1 Å². The highest BCUT2D eigenvalue weighted by Gasteiger charge is 2.46. The number of carbonyl (C=O) groups is 1. The second kappa shape index (κ2) is 8.56. The number of fused-ring (bicyclic) bond motifs is 2. The van der Waals surface area contributed by atoms with E-state index >= 15 is 0 Å². The number of nitrogens with zero attached hydrogens (tertiary/aromatic N) is 1. The molecule has 5 nitrogen and oxygen atoms in total. The van der Waals surface area contributed by atoms with Crippen LogP contribution in [-0.4, -0.2) is 37.8 Å². The maximum absolute atomic E-state index is 13.3. The Labute approximate surface area is 193 Å². The van der Waals surface area contributed by atoms with Gasteiger partial charge < -0.3 is 5.32 Å². The van der Waals surface area contributed by atoms with Crippen molar-refractivity contribution in [3.05, 3.63) is 29.8 Å². The zero-order chi connectivity index (χ0) is 23.4. The van der Waals surface area contributed by atoms with Gasteiger partial charge in [0.1, 0.15) is 0 Å². The smallest absolute Gasteiger partial charge is 0.353 e. The largest absolute Gasteiger partial charge is 0.417 e. The zero-order valence-corrected chi connectivity index (χ0v) is 19.4. The van der Waals surface area contributed by atoms with E-state index in [-0.39, 0.29) is 31.0 Å². The fourth-order valence-electron chi connectivity index (χ4n) is 6.96. The Balaban J connectivity index is 1.21. The van der Waals surface area contributed by atoms with E-state index in [0.717, 1.165) is 40.6 Å². The third kappa shape index (κ3) is 4.43. The summed E-state index contributed by atoms with van der Waals surface area (Å²) in [5.41, 5.74) is -1.15. The number of rotatable bonds is 4. The van der Waals surface area contributed by atoms with Crippen molar-refractivity contribution in [2.24, 2.45) is 29.6 Å². The van der Waals surface area contributed by atoms with Gasteiger partial charge in [0.15, 0.2) is 0 Å². The van der Waals surface area contributed by atoms with E-state index in [4.69, 9.17) is 0 Å². The van der Waals surface area contributed by atoms with Crippen LogP contribution in [0.3, 0.4) is 0 Å². The number of halogens is 3. The van der Waals surface area contributed by atoms with Crippen LogP contribution in [0.4, 0.5) is 13.2 Å². The molecule has 3 bridgehead atoms. The molecule has 1 saturated heterocycles. The summed E-state index contributed by atoms with van der Waals surface area (Å²) >= 11 is 0. The molecule has 1 aromatic carbocycles. The first-order chi connectivity index (χ1) is 15.6. The van der Waals surface area contributed by atoms with Crippen LogP contribution >= 0.6 is 0 Å². The van der Waals surface area contributed by atoms with E-state index in [1.807, 2.05) is 0 Å². The molecule has 4 fully saturated rings. The van der Waals surface area contributed by atoms with E-state index in [1.165, 1.54) is 44.2 Å². The van der Waals surface area contributed by atoms with Crippen LogP contribution in [-0.2, 0) is 21.0 Å². The van der Waals surface area contributed by atoms with Crippen LogP contribution in [0.25, 0.3) is 0 Å². The van der Waals surface area contributed by atoms with Crippen LogP contribution < -0.4 is 5.32 Å². The van der Waals surface area contributed by atoms with Crippen LogP contribution in [0.15, 0.2) is 29.2 Å². The van der Waals surface area contributed by atoms with Crippen molar-refractivity contribution in [2.45, 2.75) is 68.5 Å². The Bertz CT molecular complexity index is 1000. The highest BCUT2D eigenvalue weighted by Crippen LogP contribution is 2.53. The number of sulfonamides is 1. The Hall–Kier alpha value is -1.61. The number of nitrogens with one attached hydrogen (secondary N) is 1. The summed E-state index contributed by atoms with van der Waals surface area (Å²) in [5, 5.41) is 3.28. The van der Waals surface area contributed by atoms with E-state index in [0.29, 0.717) is 18.8 Å². The van der Waals surface area contributed by atoms with Gasteiger partial charge in [-0.1, -0.05) is 12.1 Å². The minimum atomic E-state index is -4.75. The topological polar surface area (TPSA) is 66.5 Å². The minimum absolute atomic E-state index is 0.0227. The average molecular weight is 485 g/mol. The van der Waals surface area contributed by atoms with Crippen molar-refractivity contribution in [3.63, 3.8) is 0 Å². The third-order valence-electron chi connectivity index (χ3n) is 8.56. The standard InChI is InChI=1S/C24H31F3N2O3S/c25-24(26,27)20-3-1-2-4-22(20)33(31,32)29-9-7-16(8-10-29)23(30)28-21-6-5-17-11-15-12-18(17)14-19(21)13-15/h1-4,15-19,21H,5-14H2,(H,28,30). The number of hydrogen-bond acceptors (Lipinski definition) is 3. The molecule has 0 aromatic heterocycles. The van der Waals surface area contributed by atoms with E-state index in [1.54, 1.807) is 0 Å². The lowest BCUT2D eigenvalue weighted by atomic mass is 9.77. The molecular weight excluding hydrogens is 453 g/mol. The Kier molecular flexibility index (Phi) is 6.00. The van der Waals surface area contributed by atoms with Crippen molar-refractivity contribution in [3.8, 4) is 0 Å². The first-order valence-electron chi connectivity index (χ1n) is 12.1. The average Bonchev–Trinajstić information content (AvgIpc) is 3.02. The molecule has 5 rings (SSSR count). The summed E-state index contributed by atoms with van der Waals surface area (Å²) in [6.45, 7) is 0.0971. The lowest BCUT2D eigenvalue weighted by Gasteiger charge is -2.35. The summed E-state index contributed by atoms with van der Waals surface area (Å²) in [4.78, 5) is 12.3. The summed E-state index contributed by atoms with van der Waals surface area (Å²) in [7, 11) is -4.29. The normalized spacial score (nSPS) is 33.1. The molecule has 1 N–H and O–H groups in total. The van der Waals surface area contributed by atoms with Crippen molar-refractivity contribution < 1.29 is 26.4 Å². The number of piperidine rings is 1. The molecule has 1 aliphatic heterocycles. The monoisotopic (exact) mass is 484 g/mol. The maximum atomic E-state index is 13.3. The van der Waals surface area contributed by atoms with E-state index in [9.17, 15) is 26.4 Å². The lowest BCUT2D eigenvalue weighted by Crippen LogP contribution is -2.47. The van der Waals surface area contributed by atoms with Gasteiger partial charge in [0.25, 0.3) is 0 Å².